The molecular formula is C27H34F3N3O3. The zero-order valence-electron chi connectivity index (χ0n) is 20.9. The molecule has 1 aromatic carbocycles. The maximum atomic E-state index is 14.7. The van der Waals surface area contributed by atoms with Crippen molar-refractivity contribution in [3.05, 3.63) is 58.5 Å². The zero-order valence-corrected chi connectivity index (χ0v) is 20.9. The van der Waals surface area contributed by atoms with Crippen LogP contribution < -0.4 is 15.4 Å². The molecule has 2 aliphatic rings. The average Bonchev–Trinajstić information content (AvgIpc) is 2.75. The molecule has 1 aliphatic carbocycles. The summed E-state index contributed by atoms with van der Waals surface area (Å²) in [7, 11) is 0. The lowest BCUT2D eigenvalue weighted by atomic mass is 9.73. The minimum Gasteiger partial charge on any atom is -0.471 e. The molecule has 196 valence electrons. The van der Waals surface area contributed by atoms with Gasteiger partial charge in [-0.3, -0.25) is 4.79 Å². The number of aliphatic hydroxyl groups is 1. The van der Waals surface area contributed by atoms with Gasteiger partial charge in [0.05, 0.1) is 12.1 Å². The van der Waals surface area contributed by atoms with Crippen molar-refractivity contribution < 1.29 is 27.8 Å². The van der Waals surface area contributed by atoms with Crippen LogP contribution in [0.5, 0.6) is 5.88 Å². The van der Waals surface area contributed by atoms with Crippen LogP contribution in [0.4, 0.5) is 13.2 Å². The molecule has 9 heteroatoms. The van der Waals surface area contributed by atoms with Crippen LogP contribution in [0.3, 0.4) is 0 Å². The van der Waals surface area contributed by atoms with E-state index in [0.29, 0.717) is 24.0 Å². The summed E-state index contributed by atoms with van der Waals surface area (Å²) < 4.78 is 48.2. The van der Waals surface area contributed by atoms with Crippen molar-refractivity contribution in [2.75, 3.05) is 6.54 Å². The topological polar surface area (TPSA) is 83.5 Å². The molecule has 3 atom stereocenters. The number of halogens is 3. The van der Waals surface area contributed by atoms with E-state index in [2.05, 4.69) is 15.6 Å². The lowest BCUT2D eigenvalue weighted by molar-refractivity contribution is -0.120. The Morgan fingerprint density at radius 1 is 1.17 bits per heavy atom. The number of hydrogen-bond acceptors (Lipinski definition) is 5. The van der Waals surface area contributed by atoms with Crippen molar-refractivity contribution in [3.8, 4) is 5.88 Å². The molecule has 2 heterocycles. The van der Waals surface area contributed by atoms with Crippen LogP contribution >= 0.6 is 0 Å². The molecular weight excluding hydrogens is 471 g/mol. The molecule has 4 rings (SSSR count). The lowest BCUT2D eigenvalue weighted by Gasteiger charge is -2.47. The summed E-state index contributed by atoms with van der Waals surface area (Å²) in [6.45, 7) is 5.44. The maximum absolute atomic E-state index is 14.7. The van der Waals surface area contributed by atoms with Gasteiger partial charge in [-0.15, -0.1) is 0 Å². The number of amides is 1. The highest BCUT2D eigenvalue weighted by Crippen LogP contribution is 2.48. The van der Waals surface area contributed by atoms with Crippen molar-refractivity contribution >= 4 is 5.91 Å². The molecule has 6 nitrogen and oxygen atoms in total. The molecule has 1 saturated carbocycles. The van der Waals surface area contributed by atoms with Gasteiger partial charge in [-0.2, -0.15) is 9.37 Å². The largest absolute Gasteiger partial charge is 0.471 e. The average molecular weight is 506 g/mol. The number of carbonyl (C=O) groups is 1. The Hall–Kier alpha value is -2.65. The van der Waals surface area contributed by atoms with E-state index in [4.69, 9.17) is 4.74 Å². The SMILES string of the molecule is CC(=O)N[C@@H](Cc1cc(F)cc(F)c1)[C@@H](O)CN[C@H]1CC2(CCC2)Oc2nc(F)c(CC(C)C)cc21. The van der Waals surface area contributed by atoms with Crippen LogP contribution in [0.2, 0.25) is 0 Å². The van der Waals surface area contributed by atoms with Gasteiger partial charge in [0.15, 0.2) is 0 Å². The van der Waals surface area contributed by atoms with Crippen molar-refractivity contribution in [2.24, 2.45) is 5.92 Å². The van der Waals surface area contributed by atoms with Crippen LogP contribution in [-0.2, 0) is 17.6 Å². The quantitative estimate of drug-likeness (QED) is 0.446. The highest BCUT2D eigenvalue weighted by atomic mass is 19.1. The minimum absolute atomic E-state index is 0.0523. The molecule has 1 amide bonds. The van der Waals surface area contributed by atoms with Crippen LogP contribution in [0.1, 0.15) is 69.2 Å². The Morgan fingerprint density at radius 3 is 2.44 bits per heavy atom. The van der Waals surface area contributed by atoms with Gasteiger partial charge in [-0.25, -0.2) is 8.78 Å². The molecule has 3 N–H and O–H groups in total. The van der Waals surface area contributed by atoms with Crippen molar-refractivity contribution in [1.82, 2.24) is 15.6 Å². The fourth-order valence-corrected chi connectivity index (χ4v) is 5.17. The third-order valence-corrected chi connectivity index (χ3v) is 7.00. The molecule has 0 saturated heterocycles. The van der Waals surface area contributed by atoms with Gasteiger partial charge >= 0.3 is 0 Å². The highest BCUT2D eigenvalue weighted by Gasteiger charge is 2.46. The third kappa shape index (κ3) is 6.18. The predicted molar refractivity (Wildman–Crippen MR) is 129 cm³/mol. The van der Waals surface area contributed by atoms with E-state index in [0.717, 1.165) is 30.9 Å². The molecule has 1 aliphatic heterocycles. The van der Waals surface area contributed by atoms with Crippen LogP contribution in [-0.4, -0.2) is 40.3 Å². The smallest absolute Gasteiger partial charge is 0.221 e. The summed E-state index contributed by atoms with van der Waals surface area (Å²) in [5.41, 5.74) is 1.20. The summed E-state index contributed by atoms with van der Waals surface area (Å²) >= 11 is 0. The second-order valence-electron chi connectivity index (χ2n) is 10.6. The summed E-state index contributed by atoms with van der Waals surface area (Å²) in [6, 6.07) is 3.95. The van der Waals surface area contributed by atoms with Gasteiger partial charge in [0.2, 0.25) is 17.7 Å². The number of rotatable bonds is 9. The minimum atomic E-state index is -1.05. The van der Waals surface area contributed by atoms with Gasteiger partial charge < -0.3 is 20.5 Å². The fourth-order valence-electron chi connectivity index (χ4n) is 5.17. The number of ether oxygens (including phenoxy) is 1. The van der Waals surface area contributed by atoms with E-state index < -0.39 is 35.3 Å². The van der Waals surface area contributed by atoms with E-state index in [1.807, 2.05) is 13.8 Å². The van der Waals surface area contributed by atoms with Crippen LogP contribution in [0, 0.1) is 23.5 Å². The maximum Gasteiger partial charge on any atom is 0.221 e. The predicted octanol–water partition coefficient (Wildman–Crippen LogP) is 4.14. The van der Waals surface area contributed by atoms with Crippen LogP contribution in [0.15, 0.2) is 24.3 Å². The number of nitrogens with zero attached hydrogens (tertiary/aromatic N) is 1. The van der Waals surface area contributed by atoms with E-state index >= 15 is 0 Å². The second kappa shape index (κ2) is 10.8. The summed E-state index contributed by atoms with van der Waals surface area (Å²) in [5.74, 6) is -1.79. The van der Waals surface area contributed by atoms with Crippen molar-refractivity contribution in [1.29, 1.82) is 0 Å². The fraction of sp³-hybridized carbons (Fsp3) is 0.556. The first kappa shape index (κ1) is 26.4. The van der Waals surface area contributed by atoms with E-state index in [-0.39, 0.29) is 36.7 Å². The molecule has 0 bridgehead atoms. The molecule has 0 radical (unpaired) electrons. The number of aliphatic hydroxyl groups excluding tert-OH is 1. The summed E-state index contributed by atoms with van der Waals surface area (Å²) in [5, 5.41) is 17.0. The number of fused-ring (bicyclic) bond motifs is 1. The molecule has 36 heavy (non-hydrogen) atoms. The van der Waals surface area contributed by atoms with Gasteiger partial charge in [0.1, 0.15) is 17.2 Å². The Balaban J connectivity index is 1.53. The normalized spacial score (nSPS) is 19.8. The molecule has 1 fully saturated rings. The third-order valence-electron chi connectivity index (χ3n) is 7.00. The van der Waals surface area contributed by atoms with E-state index in [1.54, 1.807) is 6.07 Å². The van der Waals surface area contributed by atoms with Gasteiger partial charge in [-0.05, 0) is 61.8 Å². The van der Waals surface area contributed by atoms with Crippen LogP contribution in [0.25, 0.3) is 0 Å². The Kier molecular flexibility index (Phi) is 7.90. The van der Waals surface area contributed by atoms with Crippen molar-refractivity contribution in [2.45, 2.75) is 83.1 Å². The van der Waals surface area contributed by atoms with Gasteiger partial charge in [0.25, 0.3) is 0 Å². The molecule has 0 unspecified atom stereocenters. The number of hydrogen-bond donors (Lipinski definition) is 3. The Bertz CT molecular complexity index is 1090. The molecule has 2 aromatic rings. The Morgan fingerprint density at radius 2 is 1.86 bits per heavy atom. The standard InChI is InChI=1S/C27H34F3N3O3/c1-15(2)7-18-11-21-23(13-27(5-4-6-27)36-26(21)33-25(18)30)31-14-24(35)22(32-16(3)34)10-17-8-19(28)12-20(29)9-17/h8-9,11-12,15,22-24,31,35H,4-7,10,13-14H2,1-3H3,(H,32,34)/t22-,23-,24-/m0/s1. The summed E-state index contributed by atoms with van der Waals surface area (Å²) in [6.07, 6.45) is 2.92. The number of carbonyl (C=O) groups excluding carboxylic acids is 1. The number of nitrogens with one attached hydrogen (secondary N) is 2. The first-order valence-corrected chi connectivity index (χ1v) is 12.6. The number of aromatic nitrogens is 1. The molecule has 1 spiro atoms. The Labute approximate surface area is 209 Å². The first-order chi connectivity index (χ1) is 17.0. The zero-order chi connectivity index (χ0) is 26.0. The first-order valence-electron chi connectivity index (χ1n) is 12.6. The number of pyridine rings is 1. The monoisotopic (exact) mass is 505 g/mol. The highest BCUT2D eigenvalue weighted by molar-refractivity contribution is 5.73. The summed E-state index contributed by atoms with van der Waals surface area (Å²) in [4.78, 5) is 15.9. The number of benzene rings is 1. The second-order valence-corrected chi connectivity index (χ2v) is 10.6. The van der Waals surface area contributed by atoms with E-state index in [9.17, 15) is 23.1 Å². The lowest BCUT2D eigenvalue weighted by Crippen LogP contribution is -2.52. The van der Waals surface area contributed by atoms with E-state index in [1.165, 1.54) is 19.1 Å². The molecule has 1 aromatic heterocycles. The van der Waals surface area contributed by atoms with Crippen molar-refractivity contribution in [3.63, 3.8) is 0 Å². The van der Waals surface area contributed by atoms with Gasteiger partial charge in [-0.1, -0.05) is 13.8 Å². The van der Waals surface area contributed by atoms with Gasteiger partial charge in [0, 0.05) is 43.1 Å².